The number of fused-ring (bicyclic) bond motifs is 1. The van der Waals surface area contributed by atoms with Crippen LogP contribution >= 0.6 is 11.6 Å². The molecule has 0 fully saturated rings. The molecule has 2 aromatic heterocycles. The fourth-order valence-electron chi connectivity index (χ4n) is 3.39. The van der Waals surface area contributed by atoms with E-state index in [4.69, 9.17) is 11.6 Å². The van der Waals surface area contributed by atoms with E-state index in [-0.39, 0.29) is 24.1 Å². The van der Waals surface area contributed by atoms with Crippen molar-refractivity contribution in [3.8, 4) is 0 Å². The molecule has 0 radical (unpaired) electrons. The minimum Gasteiger partial charge on any atom is -0.343 e. The van der Waals surface area contributed by atoms with E-state index in [9.17, 15) is 9.59 Å². The number of aryl methyl sites for hydroxylation is 2. The molecule has 9 heteroatoms. The van der Waals surface area contributed by atoms with Gasteiger partial charge in [-0.2, -0.15) is 5.10 Å². The summed E-state index contributed by atoms with van der Waals surface area (Å²) in [5.41, 5.74) is 2.44. The molecule has 0 aliphatic rings. The Morgan fingerprint density at radius 1 is 1.06 bits per heavy atom. The van der Waals surface area contributed by atoms with Crippen molar-refractivity contribution >= 4 is 40.3 Å². The van der Waals surface area contributed by atoms with Crippen LogP contribution in [0.1, 0.15) is 33.6 Å². The minimum atomic E-state index is -0.378. The van der Waals surface area contributed by atoms with Crippen molar-refractivity contribution in [2.45, 2.75) is 20.0 Å². The summed E-state index contributed by atoms with van der Waals surface area (Å²) in [7, 11) is 1.65. The Morgan fingerprint density at radius 3 is 2.58 bits per heavy atom. The lowest BCUT2D eigenvalue weighted by Gasteiger charge is -2.06. The number of imidazole rings is 1. The molecule has 0 atom stereocenters. The van der Waals surface area contributed by atoms with Gasteiger partial charge in [0.2, 0.25) is 0 Å². The van der Waals surface area contributed by atoms with Gasteiger partial charge in [0, 0.05) is 19.7 Å². The van der Waals surface area contributed by atoms with Gasteiger partial charge in [-0.1, -0.05) is 35.9 Å². The Hall–Kier alpha value is -3.65. The summed E-state index contributed by atoms with van der Waals surface area (Å²) in [6, 6.07) is 16.1. The third kappa shape index (κ3) is 4.15. The molecule has 2 aromatic carbocycles. The van der Waals surface area contributed by atoms with Gasteiger partial charge in [0.05, 0.1) is 28.2 Å². The molecule has 0 aliphatic heterocycles. The standard InChI is InChI=1S/C22H21ClN6O2/c1-3-29-18-11-7-6-10-16(18)25-20(29)13-24-22(31)17-12-19(28(2)27-17)26-21(30)14-8-4-5-9-15(14)23/h4-12H,3,13H2,1-2H3,(H,24,31)(H,26,30). The number of halogens is 1. The van der Waals surface area contributed by atoms with Crippen molar-refractivity contribution in [3.05, 3.63) is 76.7 Å². The molecule has 8 nitrogen and oxygen atoms in total. The van der Waals surface area contributed by atoms with E-state index in [1.165, 1.54) is 10.7 Å². The van der Waals surface area contributed by atoms with Crippen molar-refractivity contribution < 1.29 is 9.59 Å². The number of aromatic nitrogens is 4. The van der Waals surface area contributed by atoms with Gasteiger partial charge >= 0.3 is 0 Å². The summed E-state index contributed by atoms with van der Waals surface area (Å²) < 4.78 is 3.49. The summed E-state index contributed by atoms with van der Waals surface area (Å²) in [5.74, 6) is 0.414. The van der Waals surface area contributed by atoms with Crippen LogP contribution in [-0.4, -0.2) is 31.1 Å². The molecule has 2 heterocycles. The van der Waals surface area contributed by atoms with Gasteiger partial charge in [-0.15, -0.1) is 0 Å². The highest BCUT2D eigenvalue weighted by Crippen LogP contribution is 2.18. The van der Waals surface area contributed by atoms with E-state index in [0.29, 0.717) is 16.4 Å². The average molecular weight is 437 g/mol. The SMILES string of the molecule is CCn1c(CNC(=O)c2cc(NC(=O)c3ccccc3Cl)n(C)n2)nc2ccccc21. The van der Waals surface area contributed by atoms with Gasteiger partial charge in [-0.25, -0.2) is 4.98 Å². The van der Waals surface area contributed by atoms with E-state index in [1.54, 1.807) is 31.3 Å². The van der Waals surface area contributed by atoms with Crippen LogP contribution in [-0.2, 0) is 20.1 Å². The van der Waals surface area contributed by atoms with E-state index in [1.807, 2.05) is 31.2 Å². The highest BCUT2D eigenvalue weighted by Gasteiger charge is 2.17. The molecule has 0 aliphatic carbocycles. The topological polar surface area (TPSA) is 93.8 Å². The van der Waals surface area contributed by atoms with Crippen molar-refractivity contribution in [1.29, 1.82) is 0 Å². The summed E-state index contributed by atoms with van der Waals surface area (Å²) >= 11 is 6.08. The normalized spacial score (nSPS) is 10.9. The number of carbonyl (C=O) groups is 2. The molecule has 31 heavy (non-hydrogen) atoms. The lowest BCUT2D eigenvalue weighted by Crippen LogP contribution is -2.25. The van der Waals surface area contributed by atoms with Crippen LogP contribution in [0.15, 0.2) is 54.6 Å². The molecule has 4 aromatic rings. The van der Waals surface area contributed by atoms with Gasteiger partial charge < -0.3 is 15.2 Å². The molecular formula is C22H21ClN6O2. The number of rotatable bonds is 6. The number of para-hydroxylation sites is 2. The second-order valence-corrected chi connectivity index (χ2v) is 7.32. The Labute approximate surface area is 183 Å². The zero-order valence-corrected chi connectivity index (χ0v) is 17.8. The third-order valence-corrected chi connectivity index (χ3v) is 5.26. The van der Waals surface area contributed by atoms with Crippen LogP contribution in [0.2, 0.25) is 5.02 Å². The first kappa shape index (κ1) is 20.6. The zero-order valence-electron chi connectivity index (χ0n) is 17.1. The maximum Gasteiger partial charge on any atom is 0.272 e. The molecule has 0 saturated heterocycles. The minimum absolute atomic E-state index is 0.191. The first-order chi connectivity index (χ1) is 15.0. The molecule has 2 N–H and O–H groups in total. The number of nitrogens with one attached hydrogen (secondary N) is 2. The maximum absolute atomic E-state index is 12.7. The van der Waals surface area contributed by atoms with Crippen molar-refractivity contribution in [2.75, 3.05) is 5.32 Å². The highest BCUT2D eigenvalue weighted by molar-refractivity contribution is 6.34. The van der Waals surface area contributed by atoms with E-state index in [2.05, 4.69) is 25.3 Å². The monoisotopic (exact) mass is 436 g/mol. The lowest BCUT2D eigenvalue weighted by molar-refractivity contribution is 0.0943. The smallest absolute Gasteiger partial charge is 0.272 e. The Kier molecular flexibility index (Phi) is 5.73. The molecular weight excluding hydrogens is 416 g/mol. The van der Waals surface area contributed by atoms with Crippen LogP contribution < -0.4 is 10.6 Å². The van der Waals surface area contributed by atoms with Crippen LogP contribution in [0.25, 0.3) is 11.0 Å². The van der Waals surface area contributed by atoms with E-state index >= 15 is 0 Å². The number of nitrogens with zero attached hydrogens (tertiary/aromatic N) is 4. The lowest BCUT2D eigenvalue weighted by atomic mass is 10.2. The first-order valence-electron chi connectivity index (χ1n) is 9.80. The zero-order chi connectivity index (χ0) is 22.0. The Bertz CT molecular complexity index is 1280. The Morgan fingerprint density at radius 2 is 1.81 bits per heavy atom. The van der Waals surface area contributed by atoms with Crippen LogP contribution in [0, 0.1) is 0 Å². The second kappa shape index (κ2) is 8.61. The molecule has 2 amide bonds. The van der Waals surface area contributed by atoms with Gasteiger partial charge in [0.1, 0.15) is 11.6 Å². The van der Waals surface area contributed by atoms with Crippen molar-refractivity contribution in [2.24, 2.45) is 7.05 Å². The highest BCUT2D eigenvalue weighted by atomic mass is 35.5. The summed E-state index contributed by atoms with van der Waals surface area (Å²) in [4.78, 5) is 29.7. The first-order valence-corrected chi connectivity index (χ1v) is 10.2. The van der Waals surface area contributed by atoms with Gasteiger partial charge in [-0.05, 0) is 31.2 Å². The largest absolute Gasteiger partial charge is 0.343 e. The van der Waals surface area contributed by atoms with Crippen molar-refractivity contribution in [1.82, 2.24) is 24.6 Å². The van der Waals surface area contributed by atoms with Crippen LogP contribution in [0.4, 0.5) is 5.82 Å². The molecule has 0 saturated carbocycles. The summed E-state index contributed by atoms with van der Waals surface area (Å²) in [5, 5.41) is 10.1. The predicted molar refractivity (Wildman–Crippen MR) is 119 cm³/mol. The van der Waals surface area contributed by atoms with Gasteiger partial charge in [-0.3, -0.25) is 14.3 Å². The fourth-order valence-corrected chi connectivity index (χ4v) is 3.61. The van der Waals surface area contributed by atoms with Crippen molar-refractivity contribution in [3.63, 3.8) is 0 Å². The predicted octanol–water partition coefficient (Wildman–Crippen LogP) is 3.63. The molecule has 0 bridgehead atoms. The van der Waals surface area contributed by atoms with Gasteiger partial charge in [0.15, 0.2) is 5.69 Å². The average Bonchev–Trinajstić information content (AvgIpc) is 3.32. The van der Waals surface area contributed by atoms with E-state index < -0.39 is 0 Å². The molecule has 0 unspecified atom stereocenters. The van der Waals surface area contributed by atoms with Crippen LogP contribution in [0.3, 0.4) is 0 Å². The number of anilines is 1. The molecule has 158 valence electrons. The second-order valence-electron chi connectivity index (χ2n) is 6.92. The quantitative estimate of drug-likeness (QED) is 0.482. The Balaban J connectivity index is 1.47. The number of benzene rings is 2. The van der Waals surface area contributed by atoms with Crippen LogP contribution in [0.5, 0.6) is 0 Å². The summed E-state index contributed by atoms with van der Waals surface area (Å²) in [6.45, 7) is 3.04. The fraction of sp³-hybridized carbons (Fsp3) is 0.182. The number of hydrogen-bond donors (Lipinski definition) is 2. The molecule has 0 spiro atoms. The number of carbonyl (C=O) groups excluding carboxylic acids is 2. The van der Waals surface area contributed by atoms with E-state index in [0.717, 1.165) is 23.4 Å². The maximum atomic E-state index is 12.7. The summed E-state index contributed by atoms with van der Waals surface area (Å²) in [6.07, 6.45) is 0. The van der Waals surface area contributed by atoms with Gasteiger partial charge in [0.25, 0.3) is 11.8 Å². The number of amides is 2. The molecule has 4 rings (SSSR count). The number of hydrogen-bond acceptors (Lipinski definition) is 4. The third-order valence-electron chi connectivity index (χ3n) is 4.93.